The fourth-order valence-corrected chi connectivity index (χ4v) is 22.0. The van der Waals surface area contributed by atoms with Crippen molar-refractivity contribution in [3.63, 3.8) is 0 Å². The van der Waals surface area contributed by atoms with Crippen LogP contribution >= 0.6 is 23.5 Å². The Morgan fingerprint density at radius 1 is 0.321 bits per heavy atom. The van der Waals surface area contributed by atoms with Crippen molar-refractivity contribution in [2.45, 2.75) is 32.7 Å². The summed E-state index contributed by atoms with van der Waals surface area (Å²) in [6, 6.07) is 69.5. The smallest absolute Gasteiger partial charge is 0.187 e. The maximum Gasteiger partial charge on any atom is 0.187 e. The summed E-state index contributed by atoms with van der Waals surface area (Å²) in [5.41, 5.74) is 10.4. The number of para-hydroxylation sites is 4. The molecule has 0 saturated heterocycles. The maximum absolute atomic E-state index is 3.08. The van der Waals surface area contributed by atoms with E-state index in [4.69, 9.17) is 0 Å². The van der Waals surface area contributed by atoms with Crippen molar-refractivity contribution in [2.75, 3.05) is 9.80 Å². The molecule has 0 aromatic heterocycles. The molecule has 0 fully saturated rings. The first kappa shape index (κ1) is 32.7. The number of hydrogen-bond acceptors (Lipinski definition) is 4. The Morgan fingerprint density at radius 2 is 0.661 bits per heavy atom. The lowest BCUT2D eigenvalue weighted by molar-refractivity contribution is 1.17. The lowest BCUT2D eigenvalue weighted by atomic mass is 10.0. The van der Waals surface area contributed by atoms with Crippen LogP contribution in [0.5, 0.6) is 0 Å². The highest BCUT2D eigenvalue weighted by Gasteiger charge is 2.56. The molecule has 8 aromatic rings. The van der Waals surface area contributed by atoms with Crippen molar-refractivity contribution in [1.29, 1.82) is 0 Å². The van der Waals surface area contributed by atoms with Crippen LogP contribution in [-0.2, 0) is 0 Å². The SMILES string of the molecule is C[Si]1(C)c2ccccc2N(c2cccc3c2[Si]2(c4ccccc4Sc4ccccc42)c2c-3cccc2N2c3ccccc3Sc3ccccc32)c2ccccc21. The van der Waals surface area contributed by atoms with E-state index in [2.05, 4.69) is 205 Å². The van der Waals surface area contributed by atoms with E-state index in [1.54, 1.807) is 0 Å². The van der Waals surface area contributed by atoms with E-state index in [-0.39, 0.29) is 0 Å². The second-order valence-electron chi connectivity index (χ2n) is 15.6. The number of anilines is 6. The maximum atomic E-state index is 2.65. The van der Waals surface area contributed by atoms with Gasteiger partial charge in [-0.05, 0) is 103 Å². The van der Waals surface area contributed by atoms with Gasteiger partial charge in [0.1, 0.15) is 8.07 Å². The minimum absolute atomic E-state index is 1.24. The first-order valence-electron chi connectivity index (χ1n) is 19.4. The Bertz CT molecular complexity index is 2820. The zero-order valence-corrected chi connectivity index (χ0v) is 34.7. The minimum Gasteiger partial charge on any atom is -0.311 e. The summed E-state index contributed by atoms with van der Waals surface area (Å²) in [5.74, 6) is 0. The van der Waals surface area contributed by atoms with Gasteiger partial charge in [-0.1, -0.05) is 158 Å². The van der Waals surface area contributed by atoms with Crippen LogP contribution in [0.4, 0.5) is 34.1 Å². The standard InChI is InChI=1S/C50H36N2S2Si2/c1-55(2)45-29-11-5-21-37(45)52(38-22-6-12-30-46(38)55)40-24-16-18-34-33-17-15-23-39(51-35-19-3-7-25-41(35)53-42-26-8-4-20-36(42)51)49(33)56(50(34)40)47-31-13-9-27-43(47)54-44-28-10-14-32-48(44)56/h3-32H,1-2H3. The Morgan fingerprint density at radius 3 is 1.14 bits per heavy atom. The molecule has 0 aliphatic carbocycles. The van der Waals surface area contributed by atoms with Gasteiger partial charge in [0, 0.05) is 42.3 Å². The Kier molecular flexibility index (Phi) is 7.01. The average molecular weight is 785 g/mol. The van der Waals surface area contributed by atoms with Crippen LogP contribution in [0.2, 0.25) is 13.1 Å². The van der Waals surface area contributed by atoms with Crippen molar-refractivity contribution < 1.29 is 0 Å². The first-order valence-corrected chi connectivity index (χ1v) is 26.0. The molecule has 12 rings (SSSR count). The Labute approximate surface area is 338 Å². The van der Waals surface area contributed by atoms with E-state index in [0.29, 0.717) is 0 Å². The van der Waals surface area contributed by atoms with E-state index < -0.39 is 16.1 Å². The first-order chi connectivity index (χ1) is 27.6. The molecule has 6 heteroatoms. The summed E-state index contributed by atoms with van der Waals surface area (Å²) in [6.45, 7) is 5.04. The molecule has 8 aromatic carbocycles. The molecule has 1 spiro atoms. The number of hydrogen-bond donors (Lipinski definition) is 0. The van der Waals surface area contributed by atoms with E-state index in [1.165, 1.54) is 96.0 Å². The third-order valence-electron chi connectivity index (χ3n) is 12.5. The molecule has 0 amide bonds. The van der Waals surface area contributed by atoms with Gasteiger partial charge in [-0.25, -0.2) is 0 Å². The highest BCUT2D eigenvalue weighted by molar-refractivity contribution is 8.00. The van der Waals surface area contributed by atoms with Crippen LogP contribution in [0.15, 0.2) is 202 Å². The fraction of sp³-hybridized carbons (Fsp3) is 0.0400. The van der Waals surface area contributed by atoms with Crippen molar-refractivity contribution in [1.82, 2.24) is 0 Å². The highest BCUT2D eigenvalue weighted by atomic mass is 32.2. The molecule has 0 saturated carbocycles. The molecule has 0 bridgehead atoms. The van der Waals surface area contributed by atoms with Crippen molar-refractivity contribution in [2.24, 2.45) is 0 Å². The molecule has 0 radical (unpaired) electrons. The molecule has 0 atom stereocenters. The third kappa shape index (κ3) is 4.25. The lowest BCUT2D eigenvalue weighted by Gasteiger charge is -2.45. The molecule has 2 nitrogen and oxygen atoms in total. The topological polar surface area (TPSA) is 6.48 Å². The van der Waals surface area contributed by atoms with Gasteiger partial charge in [-0.15, -0.1) is 0 Å². The second kappa shape index (κ2) is 12.0. The van der Waals surface area contributed by atoms with Gasteiger partial charge in [0.25, 0.3) is 0 Å². The van der Waals surface area contributed by atoms with Crippen LogP contribution in [0.3, 0.4) is 0 Å². The summed E-state index contributed by atoms with van der Waals surface area (Å²) < 4.78 is 0. The van der Waals surface area contributed by atoms with Gasteiger partial charge in [-0.2, -0.15) is 0 Å². The highest BCUT2D eigenvalue weighted by Crippen LogP contribution is 2.53. The van der Waals surface area contributed by atoms with Crippen molar-refractivity contribution in [3.05, 3.63) is 182 Å². The average Bonchev–Trinajstić information content (AvgIpc) is 3.54. The van der Waals surface area contributed by atoms with Crippen LogP contribution in [-0.4, -0.2) is 16.1 Å². The van der Waals surface area contributed by atoms with Crippen molar-refractivity contribution in [3.8, 4) is 11.1 Å². The van der Waals surface area contributed by atoms with Crippen LogP contribution < -0.4 is 40.9 Å². The van der Waals surface area contributed by atoms with Crippen LogP contribution in [0.1, 0.15) is 0 Å². The van der Waals surface area contributed by atoms with Crippen LogP contribution in [0, 0.1) is 0 Å². The monoisotopic (exact) mass is 784 g/mol. The lowest BCUT2D eigenvalue weighted by Crippen LogP contribution is -2.75. The van der Waals surface area contributed by atoms with Gasteiger partial charge in [0.05, 0.1) is 11.4 Å². The van der Waals surface area contributed by atoms with E-state index >= 15 is 0 Å². The summed E-state index contributed by atoms with van der Waals surface area (Å²) in [6.07, 6.45) is 0. The fourth-order valence-electron chi connectivity index (χ4n) is 10.2. The minimum atomic E-state index is -3.08. The Balaban J connectivity index is 1.25. The molecular formula is C50H36N2S2Si2. The zero-order chi connectivity index (χ0) is 37.2. The molecule has 266 valence electrons. The molecule has 0 N–H and O–H groups in total. The normalized spacial score (nSPS) is 15.8. The third-order valence-corrected chi connectivity index (χ3v) is 23.7. The van der Waals surface area contributed by atoms with E-state index in [1.807, 2.05) is 23.5 Å². The Hall–Kier alpha value is -5.51. The number of nitrogens with zero attached hydrogens (tertiary/aromatic N) is 2. The second-order valence-corrected chi connectivity index (χ2v) is 25.7. The predicted molar refractivity (Wildman–Crippen MR) is 243 cm³/mol. The van der Waals surface area contributed by atoms with Crippen molar-refractivity contribution >= 4 is 105 Å². The summed E-state index contributed by atoms with van der Waals surface area (Å²) in [7, 11) is -5.08. The number of rotatable bonds is 2. The quantitative estimate of drug-likeness (QED) is 0.161. The summed E-state index contributed by atoms with van der Waals surface area (Å²) in [5, 5.41) is 8.90. The van der Waals surface area contributed by atoms with E-state index in [0.717, 1.165) is 0 Å². The van der Waals surface area contributed by atoms with Gasteiger partial charge < -0.3 is 9.80 Å². The van der Waals surface area contributed by atoms with Crippen LogP contribution in [0.25, 0.3) is 11.1 Å². The predicted octanol–water partition coefficient (Wildman–Crippen LogP) is 10.0. The van der Waals surface area contributed by atoms with Gasteiger partial charge in [0.15, 0.2) is 8.07 Å². The molecule has 56 heavy (non-hydrogen) atoms. The molecular weight excluding hydrogens is 749 g/mol. The molecule has 4 heterocycles. The van der Waals surface area contributed by atoms with Gasteiger partial charge in [0.2, 0.25) is 0 Å². The molecule has 4 aliphatic rings. The molecule has 4 aliphatic heterocycles. The number of benzene rings is 8. The number of fused-ring (bicyclic) bond motifs is 13. The van der Waals surface area contributed by atoms with Gasteiger partial charge >= 0.3 is 0 Å². The summed E-state index contributed by atoms with van der Waals surface area (Å²) >= 11 is 3.82. The van der Waals surface area contributed by atoms with Gasteiger partial charge in [-0.3, -0.25) is 0 Å². The summed E-state index contributed by atoms with van der Waals surface area (Å²) in [4.78, 5) is 10.5. The van der Waals surface area contributed by atoms with E-state index in [9.17, 15) is 0 Å². The zero-order valence-electron chi connectivity index (χ0n) is 31.0. The molecule has 0 unspecified atom stereocenters. The largest absolute Gasteiger partial charge is 0.311 e.